The molecule has 0 spiro atoms. The van der Waals surface area contributed by atoms with Crippen molar-refractivity contribution in [3.63, 3.8) is 0 Å². The summed E-state index contributed by atoms with van der Waals surface area (Å²) in [6.07, 6.45) is 1.84. The average molecular weight is 300 g/mol. The first-order valence-corrected chi connectivity index (χ1v) is 7.49. The summed E-state index contributed by atoms with van der Waals surface area (Å²) in [5.74, 6) is -2.82. The second kappa shape index (κ2) is 4.43. The van der Waals surface area contributed by atoms with Crippen LogP contribution >= 0.6 is 0 Å². The van der Waals surface area contributed by atoms with Crippen molar-refractivity contribution in [1.82, 2.24) is 0 Å². The lowest BCUT2D eigenvalue weighted by atomic mass is 9.68. The Morgan fingerprint density at radius 1 is 1.27 bits per heavy atom. The number of benzene rings is 1. The monoisotopic (exact) mass is 300 g/mol. The molecule has 0 radical (unpaired) electrons. The van der Waals surface area contributed by atoms with Gasteiger partial charge in [0, 0.05) is 17.9 Å². The number of fused-ring (bicyclic) bond motifs is 5. The lowest BCUT2D eigenvalue weighted by Gasteiger charge is -2.47. The molecule has 1 aromatic carbocycles. The van der Waals surface area contributed by atoms with Gasteiger partial charge in [-0.2, -0.15) is 0 Å². The number of Topliss-reactive ketones (excluding diaryl/α,β-unsaturated/α-hetero) is 1. The molecule has 1 N–H and O–H groups in total. The molecule has 0 saturated heterocycles. The van der Waals surface area contributed by atoms with Gasteiger partial charge < -0.3 is 14.6 Å². The van der Waals surface area contributed by atoms with Crippen LogP contribution in [0.4, 0.5) is 0 Å². The first-order chi connectivity index (χ1) is 10.5. The van der Waals surface area contributed by atoms with E-state index in [1.807, 2.05) is 0 Å². The normalized spacial score (nSPS) is 33.4. The van der Waals surface area contributed by atoms with Gasteiger partial charge in [0.15, 0.2) is 5.78 Å². The van der Waals surface area contributed by atoms with Crippen molar-refractivity contribution >= 4 is 11.8 Å². The number of carbonyl (C=O) groups excluding carboxylic acids is 2. The number of hydrogen-bond donors (Lipinski definition) is 1. The minimum absolute atomic E-state index is 0.00228. The van der Waals surface area contributed by atoms with Crippen LogP contribution in [0.2, 0.25) is 0 Å². The number of ether oxygens (including phenoxy) is 2. The summed E-state index contributed by atoms with van der Waals surface area (Å²) >= 11 is 0. The molecule has 0 aromatic heterocycles. The van der Waals surface area contributed by atoms with E-state index in [0.29, 0.717) is 41.9 Å². The molecule has 3 unspecified atom stereocenters. The van der Waals surface area contributed by atoms with Gasteiger partial charge in [0.1, 0.15) is 17.4 Å². The van der Waals surface area contributed by atoms with Crippen molar-refractivity contribution in [1.29, 1.82) is 0 Å². The Morgan fingerprint density at radius 2 is 2.05 bits per heavy atom. The maximum Gasteiger partial charge on any atom is 0.322 e. The van der Waals surface area contributed by atoms with Crippen molar-refractivity contribution < 1.29 is 24.2 Å². The molecule has 0 amide bonds. The summed E-state index contributed by atoms with van der Waals surface area (Å²) in [5.41, 5.74) is 0.980. The Balaban J connectivity index is 1.93. The lowest BCUT2D eigenvalue weighted by molar-refractivity contribution is -0.252. The maximum atomic E-state index is 12.5. The molecule has 0 bridgehead atoms. The first kappa shape index (κ1) is 13.5. The molecule has 5 nitrogen and oxygen atoms in total. The number of allylic oxidation sites excluding steroid dienone is 2. The number of rotatable bonds is 0. The van der Waals surface area contributed by atoms with Crippen LogP contribution in [0.1, 0.15) is 31.7 Å². The Morgan fingerprint density at radius 3 is 2.86 bits per heavy atom. The van der Waals surface area contributed by atoms with Gasteiger partial charge in [-0.25, -0.2) is 0 Å². The van der Waals surface area contributed by atoms with E-state index < -0.39 is 17.7 Å². The Labute approximate surface area is 127 Å². The first-order valence-electron chi connectivity index (χ1n) is 7.49. The minimum Gasteiger partial charge on any atom is -0.461 e. The van der Waals surface area contributed by atoms with Gasteiger partial charge in [0.05, 0.1) is 5.56 Å². The molecule has 1 fully saturated rings. The van der Waals surface area contributed by atoms with E-state index in [4.69, 9.17) is 9.47 Å². The molecular weight excluding hydrogens is 284 g/mol. The molecular formula is C17H16O5. The Kier molecular flexibility index (Phi) is 2.72. The molecule has 114 valence electrons. The van der Waals surface area contributed by atoms with Crippen LogP contribution in [0, 0.1) is 11.8 Å². The smallest absolute Gasteiger partial charge is 0.322 e. The number of carbonyl (C=O) groups is 2. The SMILES string of the molecule is CC1=C2C(=O)CCCC2C2C(=O)Oc3ccccc3C2(O)O1. The quantitative estimate of drug-likeness (QED) is 0.586. The van der Waals surface area contributed by atoms with Crippen molar-refractivity contribution in [2.24, 2.45) is 11.8 Å². The van der Waals surface area contributed by atoms with Crippen molar-refractivity contribution in [2.75, 3.05) is 0 Å². The highest BCUT2D eigenvalue weighted by molar-refractivity contribution is 5.98. The number of para-hydroxylation sites is 1. The summed E-state index contributed by atoms with van der Waals surface area (Å²) in [5, 5.41) is 11.1. The Hall–Kier alpha value is -2.14. The summed E-state index contributed by atoms with van der Waals surface area (Å²) in [6, 6.07) is 6.82. The fraction of sp³-hybridized carbons (Fsp3) is 0.412. The molecule has 2 heterocycles. The molecule has 5 heteroatoms. The van der Waals surface area contributed by atoms with Crippen LogP contribution < -0.4 is 4.74 Å². The van der Waals surface area contributed by atoms with E-state index in [1.165, 1.54) is 0 Å². The zero-order chi connectivity index (χ0) is 15.5. The third kappa shape index (κ3) is 1.63. The van der Waals surface area contributed by atoms with Gasteiger partial charge >= 0.3 is 5.97 Å². The zero-order valence-corrected chi connectivity index (χ0v) is 12.2. The van der Waals surface area contributed by atoms with Gasteiger partial charge in [0.2, 0.25) is 0 Å². The second-order valence-corrected chi connectivity index (χ2v) is 6.09. The summed E-state index contributed by atoms with van der Waals surface area (Å²) in [7, 11) is 0. The van der Waals surface area contributed by atoms with Gasteiger partial charge in [-0.3, -0.25) is 9.59 Å². The van der Waals surface area contributed by atoms with E-state index in [2.05, 4.69) is 0 Å². The largest absolute Gasteiger partial charge is 0.461 e. The topological polar surface area (TPSA) is 72.8 Å². The fourth-order valence-corrected chi connectivity index (χ4v) is 3.95. The van der Waals surface area contributed by atoms with Crippen molar-refractivity contribution in [3.05, 3.63) is 41.2 Å². The molecule has 22 heavy (non-hydrogen) atoms. The predicted octanol–water partition coefficient (Wildman–Crippen LogP) is 2.04. The highest BCUT2D eigenvalue weighted by Crippen LogP contribution is 2.53. The highest BCUT2D eigenvalue weighted by atomic mass is 16.6. The number of aliphatic hydroxyl groups is 1. The van der Waals surface area contributed by atoms with E-state index in [0.717, 1.165) is 0 Å². The van der Waals surface area contributed by atoms with Crippen LogP contribution in [0.15, 0.2) is 35.6 Å². The number of esters is 1. The molecule has 1 aromatic rings. The molecule has 4 rings (SSSR count). The third-order valence-electron chi connectivity index (χ3n) is 4.84. The van der Waals surface area contributed by atoms with Crippen molar-refractivity contribution in [3.8, 4) is 5.75 Å². The summed E-state index contributed by atoms with van der Waals surface area (Å²) < 4.78 is 11.1. The molecule has 1 aliphatic carbocycles. The second-order valence-electron chi connectivity index (χ2n) is 6.09. The number of ketones is 1. The molecule has 2 aliphatic heterocycles. The van der Waals surface area contributed by atoms with Crippen LogP contribution in [-0.2, 0) is 20.1 Å². The van der Waals surface area contributed by atoms with Gasteiger partial charge in [0.25, 0.3) is 5.79 Å². The van der Waals surface area contributed by atoms with Gasteiger partial charge in [-0.1, -0.05) is 12.1 Å². The van der Waals surface area contributed by atoms with Gasteiger partial charge in [-0.15, -0.1) is 0 Å². The molecule has 3 atom stereocenters. The van der Waals surface area contributed by atoms with Crippen molar-refractivity contribution in [2.45, 2.75) is 32.0 Å². The van der Waals surface area contributed by atoms with E-state index in [-0.39, 0.29) is 11.7 Å². The highest BCUT2D eigenvalue weighted by Gasteiger charge is 2.59. The predicted molar refractivity (Wildman–Crippen MR) is 75.6 cm³/mol. The van der Waals surface area contributed by atoms with E-state index >= 15 is 0 Å². The minimum atomic E-state index is -1.76. The standard InChI is InChI=1S/C17H16O5/c1-9-14-10(5-4-7-12(14)18)15-16(19)21-13-8-3-2-6-11(13)17(15,20)22-9/h2-3,6,8,10,15,20H,4-5,7H2,1H3. The third-order valence-corrected chi connectivity index (χ3v) is 4.84. The van der Waals surface area contributed by atoms with Crippen LogP contribution in [-0.4, -0.2) is 16.9 Å². The van der Waals surface area contributed by atoms with Crippen LogP contribution in [0.5, 0.6) is 5.75 Å². The molecule has 3 aliphatic rings. The maximum absolute atomic E-state index is 12.5. The molecule has 1 saturated carbocycles. The van der Waals surface area contributed by atoms with E-state index in [9.17, 15) is 14.7 Å². The summed E-state index contributed by atoms with van der Waals surface area (Å²) in [4.78, 5) is 24.7. The van der Waals surface area contributed by atoms with Crippen LogP contribution in [0.25, 0.3) is 0 Å². The van der Waals surface area contributed by atoms with E-state index in [1.54, 1.807) is 31.2 Å². The van der Waals surface area contributed by atoms with Crippen LogP contribution in [0.3, 0.4) is 0 Å². The van der Waals surface area contributed by atoms with Gasteiger partial charge in [-0.05, 0) is 31.9 Å². The fourth-order valence-electron chi connectivity index (χ4n) is 3.95. The number of hydrogen-bond acceptors (Lipinski definition) is 5. The summed E-state index contributed by atoms with van der Waals surface area (Å²) in [6.45, 7) is 1.68. The Bertz CT molecular complexity index is 720. The zero-order valence-electron chi connectivity index (χ0n) is 12.2. The average Bonchev–Trinajstić information content (AvgIpc) is 2.46. The lowest BCUT2D eigenvalue weighted by Crippen LogP contribution is -2.54.